The molecule has 0 aromatic heterocycles. The van der Waals surface area contributed by atoms with Crippen LogP contribution >= 0.6 is 0 Å². The molecule has 0 aliphatic carbocycles. The van der Waals surface area contributed by atoms with E-state index in [1.165, 1.54) is 18.2 Å². The molecule has 98 valence electrons. The van der Waals surface area contributed by atoms with Gasteiger partial charge in [0.05, 0.1) is 6.61 Å². The largest absolute Gasteiger partial charge is 0.493 e. The molecule has 0 fully saturated rings. The summed E-state index contributed by atoms with van der Waals surface area (Å²) in [6, 6.07) is 4.16. The van der Waals surface area contributed by atoms with Gasteiger partial charge in [0, 0.05) is 12.1 Å². The summed E-state index contributed by atoms with van der Waals surface area (Å²) in [5, 5.41) is 8.50. The highest BCUT2D eigenvalue weighted by Gasteiger charge is 2.01. The lowest BCUT2D eigenvalue weighted by Crippen LogP contribution is -2.01. The Kier molecular flexibility index (Phi) is 5.36. The average molecular weight is 252 g/mol. The quantitative estimate of drug-likeness (QED) is 0.790. The molecular formula is C14H17FO3. The summed E-state index contributed by atoms with van der Waals surface area (Å²) in [5.41, 5.74) is 0.469. The standard InChI is InChI=1S/C14H17FO3/c1-10(2)5-6-18-13-8-11(3-4-14(16)17)7-12(15)9-13/h3-4,7-10H,5-6H2,1-2H3,(H,16,17)/b4-3+. The number of carbonyl (C=O) groups is 1. The third-order valence-corrected chi connectivity index (χ3v) is 2.28. The molecule has 0 saturated carbocycles. The molecule has 1 aromatic carbocycles. The summed E-state index contributed by atoms with van der Waals surface area (Å²) in [7, 11) is 0. The van der Waals surface area contributed by atoms with Crippen molar-refractivity contribution in [2.24, 2.45) is 5.92 Å². The minimum atomic E-state index is -1.07. The number of hydrogen-bond donors (Lipinski definition) is 1. The van der Waals surface area contributed by atoms with Crippen LogP contribution in [0.25, 0.3) is 6.08 Å². The van der Waals surface area contributed by atoms with Crippen molar-refractivity contribution in [3.05, 3.63) is 35.7 Å². The molecule has 0 aliphatic heterocycles. The van der Waals surface area contributed by atoms with Gasteiger partial charge in [-0.3, -0.25) is 0 Å². The number of carboxylic acid groups (broad SMARTS) is 1. The van der Waals surface area contributed by atoms with Crippen LogP contribution in [0.1, 0.15) is 25.8 Å². The number of rotatable bonds is 6. The maximum Gasteiger partial charge on any atom is 0.328 e. The van der Waals surface area contributed by atoms with Crippen LogP contribution in [0.4, 0.5) is 4.39 Å². The normalized spacial score (nSPS) is 11.1. The van der Waals surface area contributed by atoms with Gasteiger partial charge in [0.2, 0.25) is 0 Å². The van der Waals surface area contributed by atoms with E-state index in [0.29, 0.717) is 23.8 Å². The molecule has 1 rings (SSSR count). The van der Waals surface area contributed by atoms with Crippen molar-refractivity contribution in [1.29, 1.82) is 0 Å². The average Bonchev–Trinajstić information content (AvgIpc) is 2.25. The summed E-state index contributed by atoms with van der Waals surface area (Å²) in [6.45, 7) is 4.68. The van der Waals surface area contributed by atoms with E-state index < -0.39 is 11.8 Å². The van der Waals surface area contributed by atoms with Crippen LogP contribution < -0.4 is 4.74 Å². The Morgan fingerprint density at radius 2 is 2.17 bits per heavy atom. The van der Waals surface area contributed by atoms with Gasteiger partial charge in [0.1, 0.15) is 11.6 Å². The van der Waals surface area contributed by atoms with Gasteiger partial charge in [-0.25, -0.2) is 9.18 Å². The molecule has 0 radical (unpaired) electrons. The third kappa shape index (κ3) is 5.48. The molecule has 0 bridgehead atoms. The Morgan fingerprint density at radius 1 is 1.44 bits per heavy atom. The molecule has 3 nitrogen and oxygen atoms in total. The van der Waals surface area contributed by atoms with Crippen molar-refractivity contribution in [2.45, 2.75) is 20.3 Å². The highest BCUT2D eigenvalue weighted by atomic mass is 19.1. The zero-order valence-corrected chi connectivity index (χ0v) is 10.5. The van der Waals surface area contributed by atoms with Gasteiger partial charge in [-0.1, -0.05) is 13.8 Å². The topological polar surface area (TPSA) is 46.5 Å². The number of halogens is 1. The highest BCUT2D eigenvalue weighted by molar-refractivity contribution is 5.85. The molecular weight excluding hydrogens is 235 g/mol. The SMILES string of the molecule is CC(C)CCOc1cc(F)cc(/C=C/C(=O)O)c1. The van der Waals surface area contributed by atoms with E-state index in [4.69, 9.17) is 9.84 Å². The molecule has 0 unspecified atom stereocenters. The van der Waals surface area contributed by atoms with E-state index in [-0.39, 0.29) is 0 Å². The molecule has 0 saturated heterocycles. The molecule has 18 heavy (non-hydrogen) atoms. The Hall–Kier alpha value is -1.84. The first-order valence-corrected chi connectivity index (χ1v) is 5.82. The van der Waals surface area contributed by atoms with E-state index >= 15 is 0 Å². The second-order valence-corrected chi connectivity index (χ2v) is 4.42. The van der Waals surface area contributed by atoms with Gasteiger partial charge in [-0.05, 0) is 36.1 Å². The fourth-order valence-corrected chi connectivity index (χ4v) is 1.34. The van der Waals surface area contributed by atoms with Crippen molar-refractivity contribution in [3.63, 3.8) is 0 Å². The van der Waals surface area contributed by atoms with Gasteiger partial charge in [0.15, 0.2) is 0 Å². The summed E-state index contributed by atoms with van der Waals surface area (Å²) in [5.74, 6) is -0.575. The summed E-state index contributed by atoms with van der Waals surface area (Å²) in [4.78, 5) is 10.4. The zero-order valence-electron chi connectivity index (χ0n) is 10.5. The van der Waals surface area contributed by atoms with Crippen molar-refractivity contribution < 1.29 is 19.0 Å². The smallest absolute Gasteiger partial charge is 0.328 e. The van der Waals surface area contributed by atoms with Crippen LogP contribution in [0.2, 0.25) is 0 Å². The van der Waals surface area contributed by atoms with E-state index in [1.54, 1.807) is 6.07 Å². The molecule has 0 atom stereocenters. The van der Waals surface area contributed by atoms with Crippen molar-refractivity contribution in [1.82, 2.24) is 0 Å². The molecule has 0 spiro atoms. The predicted molar refractivity (Wildman–Crippen MR) is 68.0 cm³/mol. The maximum atomic E-state index is 13.3. The molecule has 4 heteroatoms. The Labute approximate surface area is 106 Å². The molecule has 0 amide bonds. The second kappa shape index (κ2) is 6.79. The van der Waals surface area contributed by atoms with Crippen molar-refractivity contribution >= 4 is 12.0 Å². The van der Waals surface area contributed by atoms with E-state index in [2.05, 4.69) is 13.8 Å². The lowest BCUT2D eigenvalue weighted by Gasteiger charge is -2.08. The van der Waals surface area contributed by atoms with Crippen LogP contribution in [0, 0.1) is 11.7 Å². The molecule has 0 aliphatic rings. The number of aliphatic carboxylic acids is 1. The van der Waals surface area contributed by atoms with Crippen molar-refractivity contribution in [2.75, 3.05) is 6.61 Å². The fourth-order valence-electron chi connectivity index (χ4n) is 1.34. The number of carboxylic acids is 1. The van der Waals surface area contributed by atoms with Crippen molar-refractivity contribution in [3.8, 4) is 5.75 Å². The van der Waals surface area contributed by atoms with Crippen LogP contribution in [0.5, 0.6) is 5.75 Å². The Morgan fingerprint density at radius 3 is 2.78 bits per heavy atom. The van der Waals surface area contributed by atoms with Gasteiger partial charge in [0.25, 0.3) is 0 Å². The maximum absolute atomic E-state index is 13.3. The number of hydrogen-bond acceptors (Lipinski definition) is 2. The molecule has 1 N–H and O–H groups in total. The highest BCUT2D eigenvalue weighted by Crippen LogP contribution is 2.18. The van der Waals surface area contributed by atoms with Gasteiger partial charge in [-0.2, -0.15) is 0 Å². The number of benzene rings is 1. The van der Waals surface area contributed by atoms with Gasteiger partial charge >= 0.3 is 5.97 Å². The van der Waals surface area contributed by atoms with Crippen LogP contribution in [-0.2, 0) is 4.79 Å². The van der Waals surface area contributed by atoms with Gasteiger partial charge in [-0.15, -0.1) is 0 Å². The lowest BCUT2D eigenvalue weighted by molar-refractivity contribution is -0.131. The van der Waals surface area contributed by atoms with E-state index in [9.17, 15) is 9.18 Å². The number of ether oxygens (including phenoxy) is 1. The summed E-state index contributed by atoms with van der Waals surface area (Å²) >= 11 is 0. The Balaban J connectivity index is 2.71. The van der Waals surface area contributed by atoms with Crippen LogP contribution in [-0.4, -0.2) is 17.7 Å². The van der Waals surface area contributed by atoms with Gasteiger partial charge < -0.3 is 9.84 Å². The Bertz CT molecular complexity index is 439. The third-order valence-electron chi connectivity index (χ3n) is 2.28. The first-order valence-electron chi connectivity index (χ1n) is 5.82. The van der Waals surface area contributed by atoms with E-state index in [0.717, 1.165) is 12.5 Å². The minimum Gasteiger partial charge on any atom is -0.493 e. The fraction of sp³-hybridized carbons (Fsp3) is 0.357. The first kappa shape index (κ1) is 14.2. The second-order valence-electron chi connectivity index (χ2n) is 4.42. The zero-order chi connectivity index (χ0) is 13.5. The first-order chi connectivity index (χ1) is 8.47. The van der Waals surface area contributed by atoms with E-state index in [1.807, 2.05) is 0 Å². The van der Waals surface area contributed by atoms with Crippen LogP contribution in [0.3, 0.4) is 0 Å². The monoisotopic (exact) mass is 252 g/mol. The minimum absolute atomic E-state index is 0.417. The summed E-state index contributed by atoms with van der Waals surface area (Å²) < 4.78 is 18.7. The van der Waals surface area contributed by atoms with Crippen LogP contribution in [0.15, 0.2) is 24.3 Å². The molecule has 1 aromatic rings. The summed E-state index contributed by atoms with van der Waals surface area (Å²) in [6.07, 6.45) is 3.18. The lowest BCUT2D eigenvalue weighted by atomic mass is 10.1. The predicted octanol–water partition coefficient (Wildman–Crippen LogP) is 3.35. The molecule has 0 heterocycles.